The van der Waals surface area contributed by atoms with Crippen LogP contribution in [0.2, 0.25) is 0 Å². The van der Waals surface area contributed by atoms with Crippen LogP contribution in [0.15, 0.2) is 0 Å². The third-order valence-electron chi connectivity index (χ3n) is 3.62. The van der Waals surface area contributed by atoms with Crippen molar-refractivity contribution in [2.24, 2.45) is 0 Å². The van der Waals surface area contributed by atoms with E-state index in [9.17, 15) is 4.79 Å². The summed E-state index contributed by atoms with van der Waals surface area (Å²) in [6, 6.07) is 0. The maximum absolute atomic E-state index is 11.7. The van der Waals surface area contributed by atoms with Gasteiger partial charge in [-0.3, -0.25) is 4.79 Å². The van der Waals surface area contributed by atoms with Gasteiger partial charge in [-0.2, -0.15) is 0 Å². The second kappa shape index (κ2) is 11.5. The van der Waals surface area contributed by atoms with Crippen molar-refractivity contribution in [2.75, 3.05) is 27.7 Å². The molecule has 19 heavy (non-hydrogen) atoms. The van der Waals surface area contributed by atoms with Crippen LogP contribution >= 0.6 is 0 Å². The van der Waals surface area contributed by atoms with Crippen LogP contribution in [0, 0.1) is 0 Å². The van der Waals surface area contributed by atoms with Crippen LogP contribution < -0.4 is 0 Å². The van der Waals surface area contributed by atoms with Gasteiger partial charge in [0.2, 0.25) is 0 Å². The van der Waals surface area contributed by atoms with Crippen molar-refractivity contribution in [1.82, 2.24) is 0 Å². The molecule has 0 aliphatic heterocycles. The summed E-state index contributed by atoms with van der Waals surface area (Å²) in [5.41, 5.74) is 0. The minimum Gasteiger partial charge on any atom is -0.331 e. The molecule has 0 radical (unpaired) electrons. The lowest BCUT2D eigenvalue weighted by atomic mass is 10.0. The number of Topliss-reactive ketones (excluding diaryl/α,β-unsaturated/α-hetero) is 1. The summed E-state index contributed by atoms with van der Waals surface area (Å²) in [7, 11) is 6.43. The zero-order valence-corrected chi connectivity index (χ0v) is 13.8. The van der Waals surface area contributed by atoms with Crippen molar-refractivity contribution < 1.29 is 9.28 Å². The van der Waals surface area contributed by atoms with Crippen LogP contribution in [0.1, 0.15) is 77.6 Å². The zero-order valence-electron chi connectivity index (χ0n) is 13.8. The largest absolute Gasteiger partial charge is 0.331 e. The Kier molecular flexibility index (Phi) is 11.2. The van der Waals surface area contributed by atoms with Gasteiger partial charge >= 0.3 is 0 Å². The number of carbonyl (C=O) groups is 1. The second-order valence-electron chi connectivity index (χ2n) is 6.88. The third-order valence-corrected chi connectivity index (χ3v) is 3.62. The van der Waals surface area contributed by atoms with Gasteiger partial charge < -0.3 is 4.48 Å². The van der Waals surface area contributed by atoms with E-state index in [1.54, 1.807) is 0 Å². The number of carbonyl (C=O) groups excluding carboxylic acids is 1. The molecule has 0 aromatic heterocycles. The number of unbranched alkanes of at least 4 members (excludes halogenated alkanes) is 8. The first kappa shape index (κ1) is 18.6. The summed E-state index contributed by atoms with van der Waals surface area (Å²) in [5, 5.41) is 0. The summed E-state index contributed by atoms with van der Waals surface area (Å²) in [4.78, 5) is 11.7. The standard InChI is InChI=1S/C17H36NO/c1-5-6-7-8-9-10-11-12-13-14-17(19)15-16-18(2,3)4/h5-16H2,1-4H3/q+1. The fourth-order valence-corrected chi connectivity index (χ4v) is 2.22. The molecule has 0 saturated carbocycles. The molecule has 0 aromatic carbocycles. The van der Waals surface area contributed by atoms with E-state index in [1.165, 1.54) is 51.4 Å². The Morgan fingerprint density at radius 1 is 0.737 bits per heavy atom. The lowest BCUT2D eigenvalue weighted by molar-refractivity contribution is -0.869. The van der Waals surface area contributed by atoms with E-state index in [1.807, 2.05) is 0 Å². The predicted molar refractivity (Wildman–Crippen MR) is 84.4 cm³/mol. The molecule has 0 bridgehead atoms. The third kappa shape index (κ3) is 15.6. The first-order valence-corrected chi connectivity index (χ1v) is 8.28. The molecule has 0 aliphatic rings. The van der Waals surface area contributed by atoms with Crippen LogP contribution in [-0.2, 0) is 4.79 Å². The Bertz CT molecular complexity index is 218. The van der Waals surface area contributed by atoms with Gasteiger partial charge in [0.15, 0.2) is 0 Å². The molecule has 114 valence electrons. The highest BCUT2D eigenvalue weighted by Crippen LogP contribution is 2.11. The molecule has 0 aliphatic carbocycles. The molecule has 0 amide bonds. The number of ketones is 1. The summed E-state index contributed by atoms with van der Waals surface area (Å²) in [5.74, 6) is 0.455. The monoisotopic (exact) mass is 270 g/mol. The maximum Gasteiger partial charge on any atom is 0.138 e. The smallest absolute Gasteiger partial charge is 0.138 e. The molecule has 0 heterocycles. The number of rotatable bonds is 13. The highest BCUT2D eigenvalue weighted by molar-refractivity contribution is 5.78. The predicted octanol–water partition coefficient (Wildman–Crippen LogP) is 4.57. The van der Waals surface area contributed by atoms with Gasteiger partial charge in [0, 0.05) is 6.42 Å². The first-order chi connectivity index (χ1) is 8.95. The Hall–Kier alpha value is -0.370. The van der Waals surface area contributed by atoms with Crippen LogP contribution in [0.4, 0.5) is 0 Å². The van der Waals surface area contributed by atoms with Crippen molar-refractivity contribution in [2.45, 2.75) is 77.6 Å². The Morgan fingerprint density at radius 2 is 1.21 bits per heavy atom. The Balaban J connectivity index is 3.23. The molecule has 0 rings (SSSR count). The summed E-state index contributed by atoms with van der Waals surface area (Å²) in [6.07, 6.45) is 13.5. The molecular weight excluding hydrogens is 234 g/mol. The molecule has 0 atom stereocenters. The Morgan fingerprint density at radius 3 is 1.68 bits per heavy atom. The van der Waals surface area contributed by atoms with Gasteiger partial charge in [-0.1, -0.05) is 58.3 Å². The maximum atomic E-state index is 11.7. The number of hydrogen-bond donors (Lipinski definition) is 0. The lowest BCUT2D eigenvalue weighted by Gasteiger charge is -2.23. The fraction of sp³-hybridized carbons (Fsp3) is 0.941. The normalized spacial score (nSPS) is 11.8. The van der Waals surface area contributed by atoms with E-state index in [-0.39, 0.29) is 0 Å². The van der Waals surface area contributed by atoms with Crippen molar-refractivity contribution in [3.63, 3.8) is 0 Å². The van der Waals surface area contributed by atoms with E-state index < -0.39 is 0 Å². The van der Waals surface area contributed by atoms with Crippen molar-refractivity contribution in [1.29, 1.82) is 0 Å². The molecular formula is C17H36NO+. The average molecular weight is 270 g/mol. The number of hydrogen-bond acceptors (Lipinski definition) is 1. The average Bonchev–Trinajstić information content (AvgIpc) is 2.33. The highest BCUT2D eigenvalue weighted by atomic mass is 16.1. The summed E-state index contributed by atoms with van der Waals surface area (Å²) >= 11 is 0. The topological polar surface area (TPSA) is 17.1 Å². The highest BCUT2D eigenvalue weighted by Gasteiger charge is 2.10. The van der Waals surface area contributed by atoms with Gasteiger partial charge in [0.1, 0.15) is 5.78 Å². The lowest BCUT2D eigenvalue weighted by Crippen LogP contribution is -2.36. The van der Waals surface area contributed by atoms with Crippen LogP contribution in [0.25, 0.3) is 0 Å². The summed E-state index contributed by atoms with van der Waals surface area (Å²) in [6.45, 7) is 3.23. The molecule has 0 aromatic rings. The van der Waals surface area contributed by atoms with Crippen molar-refractivity contribution in [3.8, 4) is 0 Å². The summed E-state index contributed by atoms with van der Waals surface area (Å²) < 4.78 is 0.892. The quantitative estimate of drug-likeness (QED) is 0.354. The number of quaternary nitrogens is 1. The van der Waals surface area contributed by atoms with Gasteiger partial charge in [0.25, 0.3) is 0 Å². The van der Waals surface area contributed by atoms with Gasteiger partial charge in [0.05, 0.1) is 34.1 Å². The van der Waals surface area contributed by atoms with Gasteiger partial charge in [-0.15, -0.1) is 0 Å². The molecule has 0 spiro atoms. The minimum absolute atomic E-state index is 0.455. The zero-order chi connectivity index (χ0) is 14.6. The van der Waals surface area contributed by atoms with E-state index in [2.05, 4.69) is 28.1 Å². The molecule has 0 N–H and O–H groups in total. The van der Waals surface area contributed by atoms with Crippen LogP contribution in [0.5, 0.6) is 0 Å². The first-order valence-electron chi connectivity index (χ1n) is 8.28. The van der Waals surface area contributed by atoms with E-state index in [0.29, 0.717) is 5.78 Å². The van der Waals surface area contributed by atoms with Gasteiger partial charge in [-0.05, 0) is 6.42 Å². The molecule has 2 nitrogen and oxygen atoms in total. The fourth-order valence-electron chi connectivity index (χ4n) is 2.22. The molecule has 0 fully saturated rings. The Labute approximate surface area is 121 Å². The van der Waals surface area contributed by atoms with Crippen molar-refractivity contribution in [3.05, 3.63) is 0 Å². The minimum atomic E-state index is 0.455. The van der Waals surface area contributed by atoms with E-state index in [4.69, 9.17) is 0 Å². The van der Waals surface area contributed by atoms with Crippen molar-refractivity contribution >= 4 is 5.78 Å². The number of nitrogens with zero attached hydrogens (tertiary/aromatic N) is 1. The second-order valence-corrected chi connectivity index (χ2v) is 6.88. The molecule has 0 unspecified atom stereocenters. The molecule has 0 saturated heterocycles. The van der Waals surface area contributed by atoms with E-state index in [0.717, 1.165) is 30.3 Å². The SMILES string of the molecule is CCCCCCCCCCCC(=O)CC[N+](C)(C)C. The van der Waals surface area contributed by atoms with Crippen LogP contribution in [0.3, 0.4) is 0 Å². The van der Waals surface area contributed by atoms with Gasteiger partial charge in [-0.25, -0.2) is 0 Å². The van der Waals surface area contributed by atoms with E-state index >= 15 is 0 Å². The van der Waals surface area contributed by atoms with Crippen LogP contribution in [-0.4, -0.2) is 38.0 Å². The molecule has 2 heteroatoms.